The summed E-state index contributed by atoms with van der Waals surface area (Å²) in [5.41, 5.74) is 1.42. The Morgan fingerprint density at radius 1 is 1.31 bits per heavy atom. The normalized spacial score (nSPS) is 20.6. The highest BCUT2D eigenvalue weighted by atomic mass is 32.1. The average molecular weight is 374 g/mol. The number of aryl methyl sites for hydroxylation is 1. The monoisotopic (exact) mass is 373 g/mol. The van der Waals surface area contributed by atoms with Crippen molar-refractivity contribution < 1.29 is 4.79 Å². The molecular weight excluding hydrogens is 346 g/mol. The van der Waals surface area contributed by atoms with E-state index in [0.717, 1.165) is 55.4 Å². The number of aromatic nitrogens is 2. The smallest absolute Gasteiger partial charge is 0.262 e. The first-order valence-corrected chi connectivity index (χ1v) is 10.4. The fourth-order valence-electron chi connectivity index (χ4n) is 4.27. The third-order valence-corrected chi connectivity index (χ3v) is 7.19. The van der Waals surface area contributed by atoms with Gasteiger partial charge in [0, 0.05) is 18.0 Å². The highest BCUT2D eigenvalue weighted by molar-refractivity contribution is 7.18. The lowest BCUT2D eigenvalue weighted by atomic mass is 9.72. The predicted octanol–water partition coefficient (Wildman–Crippen LogP) is 3.23. The molecule has 4 rings (SSSR count). The summed E-state index contributed by atoms with van der Waals surface area (Å²) in [5, 5.41) is 0.758. The van der Waals surface area contributed by atoms with Gasteiger partial charge in [-0.2, -0.15) is 0 Å². The summed E-state index contributed by atoms with van der Waals surface area (Å²) in [6, 6.07) is 0. The molecule has 0 N–H and O–H groups in total. The first-order chi connectivity index (χ1) is 12.3. The van der Waals surface area contributed by atoms with E-state index >= 15 is 0 Å². The lowest BCUT2D eigenvalue weighted by molar-refractivity contribution is -0.130. The van der Waals surface area contributed by atoms with Crippen LogP contribution in [0.3, 0.4) is 0 Å². The quantitative estimate of drug-likeness (QED) is 0.812. The van der Waals surface area contributed by atoms with Crippen molar-refractivity contribution >= 4 is 27.5 Å². The molecule has 2 aromatic heterocycles. The summed E-state index contributed by atoms with van der Waals surface area (Å²) in [6.07, 6.45) is 6.77. The molecule has 2 aromatic rings. The van der Waals surface area contributed by atoms with Gasteiger partial charge in [0.2, 0.25) is 5.91 Å². The number of nitrogens with zero attached hydrogens (tertiary/aromatic N) is 3. The van der Waals surface area contributed by atoms with E-state index in [-0.39, 0.29) is 23.4 Å². The van der Waals surface area contributed by atoms with Crippen LogP contribution in [0.25, 0.3) is 10.2 Å². The molecule has 140 valence electrons. The SMILES string of the molecule is CC(C)(C)[C@@H]1CCc2c(sc3ncn(CC(=O)N4CCCC4)c(=O)c23)C1. The van der Waals surface area contributed by atoms with Gasteiger partial charge in [0.15, 0.2) is 0 Å². The van der Waals surface area contributed by atoms with E-state index in [9.17, 15) is 9.59 Å². The van der Waals surface area contributed by atoms with Gasteiger partial charge in [-0.25, -0.2) is 4.98 Å². The van der Waals surface area contributed by atoms with Crippen LogP contribution in [0.1, 0.15) is 50.5 Å². The molecule has 3 heterocycles. The minimum atomic E-state index is -0.0470. The van der Waals surface area contributed by atoms with Crippen molar-refractivity contribution in [1.29, 1.82) is 0 Å². The van der Waals surface area contributed by atoms with Crippen molar-refractivity contribution in [1.82, 2.24) is 14.5 Å². The molecule has 0 radical (unpaired) electrons. The maximum atomic E-state index is 13.0. The third-order valence-electron chi connectivity index (χ3n) is 6.02. The molecule has 0 bridgehead atoms. The fraction of sp³-hybridized carbons (Fsp3) is 0.650. The van der Waals surface area contributed by atoms with Crippen LogP contribution >= 0.6 is 11.3 Å². The van der Waals surface area contributed by atoms with Crippen LogP contribution in [-0.4, -0.2) is 33.4 Å². The Morgan fingerprint density at radius 3 is 2.73 bits per heavy atom. The van der Waals surface area contributed by atoms with Crippen LogP contribution in [-0.2, 0) is 24.2 Å². The summed E-state index contributed by atoms with van der Waals surface area (Å²) >= 11 is 1.67. The largest absolute Gasteiger partial charge is 0.341 e. The number of rotatable bonds is 2. The maximum absolute atomic E-state index is 13.0. The van der Waals surface area contributed by atoms with Gasteiger partial charge in [0.05, 0.1) is 11.7 Å². The maximum Gasteiger partial charge on any atom is 0.262 e. The van der Waals surface area contributed by atoms with Crippen LogP contribution in [0.5, 0.6) is 0 Å². The van der Waals surface area contributed by atoms with Gasteiger partial charge in [-0.05, 0) is 49.0 Å². The van der Waals surface area contributed by atoms with E-state index in [2.05, 4.69) is 25.8 Å². The Labute approximate surface area is 158 Å². The first kappa shape index (κ1) is 17.7. The van der Waals surface area contributed by atoms with Crippen LogP contribution in [0.4, 0.5) is 0 Å². The van der Waals surface area contributed by atoms with E-state index in [1.54, 1.807) is 17.7 Å². The number of carbonyl (C=O) groups is 1. The molecular formula is C20H27N3O2S. The van der Waals surface area contributed by atoms with Gasteiger partial charge < -0.3 is 4.90 Å². The minimum absolute atomic E-state index is 0.0302. The number of hydrogen-bond acceptors (Lipinski definition) is 4. The molecule has 1 aliphatic heterocycles. The van der Waals surface area contributed by atoms with E-state index in [0.29, 0.717) is 5.92 Å². The zero-order valence-corrected chi connectivity index (χ0v) is 16.7. The zero-order chi connectivity index (χ0) is 18.5. The van der Waals surface area contributed by atoms with Gasteiger partial charge in [-0.15, -0.1) is 11.3 Å². The van der Waals surface area contributed by atoms with Gasteiger partial charge in [-0.1, -0.05) is 20.8 Å². The number of thiophene rings is 1. The lowest BCUT2D eigenvalue weighted by Gasteiger charge is -2.33. The molecule has 2 aliphatic rings. The van der Waals surface area contributed by atoms with Crippen molar-refractivity contribution in [2.75, 3.05) is 13.1 Å². The van der Waals surface area contributed by atoms with E-state index in [4.69, 9.17) is 0 Å². The summed E-state index contributed by atoms with van der Waals surface area (Å²) in [4.78, 5) is 34.0. The van der Waals surface area contributed by atoms with Gasteiger partial charge in [0.25, 0.3) is 5.56 Å². The standard InChI is InChI=1S/C20H27N3O2S/c1-20(2,3)13-6-7-14-15(10-13)26-18-17(14)19(25)23(12-21-18)11-16(24)22-8-4-5-9-22/h12-13H,4-11H2,1-3H3/t13-/m1/s1. The van der Waals surface area contributed by atoms with Crippen LogP contribution in [0.2, 0.25) is 0 Å². The second kappa shape index (κ2) is 6.48. The summed E-state index contributed by atoms with van der Waals surface area (Å²) in [7, 11) is 0. The molecule has 1 aliphatic carbocycles. The topological polar surface area (TPSA) is 55.2 Å². The molecule has 26 heavy (non-hydrogen) atoms. The second-order valence-corrected chi connectivity index (χ2v) is 9.84. The van der Waals surface area contributed by atoms with Crippen LogP contribution in [0.15, 0.2) is 11.1 Å². The molecule has 0 spiro atoms. The zero-order valence-electron chi connectivity index (χ0n) is 15.9. The highest BCUT2D eigenvalue weighted by Gasteiger charge is 2.32. The van der Waals surface area contributed by atoms with Crippen molar-refractivity contribution in [2.45, 2.75) is 59.4 Å². The van der Waals surface area contributed by atoms with Crippen molar-refractivity contribution in [3.05, 3.63) is 27.1 Å². The molecule has 5 nitrogen and oxygen atoms in total. The van der Waals surface area contributed by atoms with Crippen molar-refractivity contribution in [3.8, 4) is 0 Å². The lowest BCUT2D eigenvalue weighted by Crippen LogP contribution is -2.34. The number of likely N-dealkylation sites (tertiary alicyclic amines) is 1. The minimum Gasteiger partial charge on any atom is -0.341 e. The molecule has 1 fully saturated rings. The number of hydrogen-bond donors (Lipinski definition) is 0. The molecule has 1 amide bonds. The third kappa shape index (κ3) is 3.08. The van der Waals surface area contributed by atoms with E-state index < -0.39 is 0 Å². The Kier molecular flexibility index (Phi) is 4.41. The fourth-order valence-corrected chi connectivity index (χ4v) is 5.52. The Balaban J connectivity index is 1.66. The predicted molar refractivity (Wildman–Crippen MR) is 105 cm³/mol. The van der Waals surface area contributed by atoms with Gasteiger partial charge in [0.1, 0.15) is 11.4 Å². The number of fused-ring (bicyclic) bond motifs is 3. The van der Waals surface area contributed by atoms with Crippen molar-refractivity contribution in [3.63, 3.8) is 0 Å². The van der Waals surface area contributed by atoms with Crippen LogP contribution in [0, 0.1) is 11.3 Å². The molecule has 0 unspecified atom stereocenters. The molecule has 0 aromatic carbocycles. The first-order valence-electron chi connectivity index (χ1n) is 9.62. The Hall–Kier alpha value is -1.69. The number of amides is 1. The highest BCUT2D eigenvalue weighted by Crippen LogP contribution is 2.41. The summed E-state index contributed by atoms with van der Waals surface area (Å²) in [5.74, 6) is 0.671. The second-order valence-electron chi connectivity index (χ2n) is 8.76. The van der Waals surface area contributed by atoms with Gasteiger partial charge >= 0.3 is 0 Å². The molecule has 6 heteroatoms. The molecule has 1 atom stereocenters. The average Bonchev–Trinajstić information content (AvgIpc) is 3.23. The van der Waals surface area contributed by atoms with Crippen LogP contribution < -0.4 is 5.56 Å². The molecule has 0 saturated carbocycles. The van der Waals surface area contributed by atoms with Gasteiger partial charge in [-0.3, -0.25) is 14.2 Å². The summed E-state index contributed by atoms with van der Waals surface area (Å²) in [6.45, 7) is 8.62. The van der Waals surface area contributed by atoms with Crippen molar-refractivity contribution in [2.24, 2.45) is 11.3 Å². The summed E-state index contributed by atoms with van der Waals surface area (Å²) < 4.78 is 1.51. The number of carbonyl (C=O) groups excluding carboxylic acids is 1. The Morgan fingerprint density at radius 2 is 2.04 bits per heavy atom. The van der Waals surface area contributed by atoms with E-state index in [1.165, 1.54) is 15.0 Å². The molecule has 1 saturated heterocycles. The van der Waals surface area contributed by atoms with E-state index in [1.807, 2.05) is 4.90 Å². The Bertz CT molecular complexity index is 900.